The van der Waals surface area contributed by atoms with E-state index in [1.165, 1.54) is 23.9 Å². The van der Waals surface area contributed by atoms with Gasteiger partial charge in [0.1, 0.15) is 5.75 Å². The second kappa shape index (κ2) is 6.52. The van der Waals surface area contributed by atoms with Crippen LogP contribution in [0.1, 0.15) is 0 Å². The Balaban J connectivity index is 2.00. The van der Waals surface area contributed by atoms with Gasteiger partial charge >= 0.3 is 0 Å². The summed E-state index contributed by atoms with van der Waals surface area (Å²) in [6, 6.07) is 13.0. The minimum atomic E-state index is -3.32. The average Bonchev–Trinajstić information content (AvgIpc) is 2.41. The molecule has 0 amide bonds. The van der Waals surface area contributed by atoms with Crippen LogP contribution in [-0.4, -0.2) is 25.0 Å². The van der Waals surface area contributed by atoms with Gasteiger partial charge in [0.2, 0.25) is 0 Å². The third kappa shape index (κ3) is 3.91. The smallest absolute Gasteiger partial charge is 0.179 e. The fourth-order valence-electron chi connectivity index (χ4n) is 1.60. The summed E-state index contributed by atoms with van der Waals surface area (Å²) in [6.07, 6.45) is 0. The van der Waals surface area contributed by atoms with Crippen LogP contribution in [0, 0.1) is 0 Å². The number of sulfone groups is 1. The lowest BCUT2D eigenvalue weighted by molar-refractivity contribution is 0.462. The predicted octanol–water partition coefficient (Wildman–Crippen LogP) is 3.61. The van der Waals surface area contributed by atoms with Gasteiger partial charge in [0.05, 0.1) is 10.6 Å². The number of phenols is 1. The number of benzene rings is 2. The third-order valence-corrected chi connectivity index (χ3v) is 5.95. The summed E-state index contributed by atoms with van der Waals surface area (Å²) < 4.78 is 24.2. The minimum Gasteiger partial charge on any atom is -0.507 e. The largest absolute Gasteiger partial charge is 0.507 e. The van der Waals surface area contributed by atoms with Crippen molar-refractivity contribution in [2.24, 2.45) is 0 Å². The molecule has 106 valence electrons. The second-order valence-electron chi connectivity index (χ2n) is 4.09. The van der Waals surface area contributed by atoms with Gasteiger partial charge < -0.3 is 5.11 Å². The molecule has 2 rings (SSSR count). The average molecular weight is 329 g/mol. The number of hydrogen-bond donors (Lipinski definition) is 1. The molecule has 0 heterocycles. The van der Waals surface area contributed by atoms with Gasteiger partial charge in [0.15, 0.2) is 9.84 Å². The normalized spacial score (nSPS) is 11.4. The van der Waals surface area contributed by atoms with Crippen LogP contribution in [0.2, 0.25) is 5.02 Å². The Hall–Kier alpha value is -1.17. The number of rotatable bonds is 5. The van der Waals surface area contributed by atoms with Gasteiger partial charge in [-0.1, -0.05) is 23.7 Å². The topological polar surface area (TPSA) is 54.4 Å². The summed E-state index contributed by atoms with van der Waals surface area (Å²) in [5.74, 6) is 0.553. The Kier molecular flexibility index (Phi) is 4.96. The predicted molar refractivity (Wildman–Crippen MR) is 82.3 cm³/mol. The molecule has 2 aromatic rings. The van der Waals surface area contributed by atoms with E-state index < -0.39 is 9.84 Å². The van der Waals surface area contributed by atoms with E-state index in [-0.39, 0.29) is 16.4 Å². The van der Waals surface area contributed by atoms with Crippen molar-refractivity contribution in [2.75, 3.05) is 11.5 Å². The molecule has 20 heavy (non-hydrogen) atoms. The Labute approximate surface area is 127 Å². The first-order chi connectivity index (χ1) is 9.49. The van der Waals surface area contributed by atoms with Crippen LogP contribution < -0.4 is 0 Å². The molecule has 1 N–H and O–H groups in total. The highest BCUT2D eigenvalue weighted by Crippen LogP contribution is 2.28. The Morgan fingerprint density at radius 1 is 1.05 bits per heavy atom. The highest BCUT2D eigenvalue weighted by molar-refractivity contribution is 8.00. The highest BCUT2D eigenvalue weighted by Gasteiger charge is 2.14. The van der Waals surface area contributed by atoms with Crippen LogP contribution >= 0.6 is 23.4 Å². The van der Waals surface area contributed by atoms with E-state index in [0.29, 0.717) is 15.7 Å². The first-order valence-electron chi connectivity index (χ1n) is 5.88. The minimum absolute atomic E-state index is 0.00757. The summed E-state index contributed by atoms with van der Waals surface area (Å²) in [5, 5.41) is 10.1. The van der Waals surface area contributed by atoms with Crippen molar-refractivity contribution >= 4 is 33.2 Å². The van der Waals surface area contributed by atoms with Gasteiger partial charge in [-0.3, -0.25) is 0 Å². The molecule has 6 heteroatoms. The van der Waals surface area contributed by atoms with Crippen molar-refractivity contribution in [3.63, 3.8) is 0 Å². The lowest BCUT2D eigenvalue weighted by Gasteiger charge is -2.06. The van der Waals surface area contributed by atoms with E-state index in [0.717, 1.165) is 0 Å². The molecule has 0 aliphatic rings. The SMILES string of the molecule is O=S(=O)(CCSc1ccccc1O)c1ccc(Cl)cc1. The molecule has 0 radical (unpaired) electrons. The molecular formula is C14H13ClO3S2. The number of para-hydroxylation sites is 1. The first-order valence-corrected chi connectivity index (χ1v) is 8.90. The molecule has 0 aliphatic carbocycles. The molecule has 2 aromatic carbocycles. The lowest BCUT2D eigenvalue weighted by atomic mass is 10.3. The van der Waals surface area contributed by atoms with Crippen LogP contribution in [0.15, 0.2) is 58.3 Å². The Morgan fingerprint density at radius 2 is 1.70 bits per heavy atom. The molecule has 3 nitrogen and oxygen atoms in total. The van der Waals surface area contributed by atoms with Crippen molar-refractivity contribution in [2.45, 2.75) is 9.79 Å². The zero-order chi connectivity index (χ0) is 14.6. The van der Waals surface area contributed by atoms with Crippen LogP contribution in [-0.2, 0) is 9.84 Å². The van der Waals surface area contributed by atoms with Gasteiger partial charge in [-0.2, -0.15) is 0 Å². The number of hydrogen-bond acceptors (Lipinski definition) is 4. The van der Waals surface area contributed by atoms with Crippen LogP contribution in [0.5, 0.6) is 5.75 Å². The summed E-state index contributed by atoms with van der Waals surface area (Å²) in [7, 11) is -3.32. The molecule has 0 atom stereocenters. The fraction of sp³-hybridized carbons (Fsp3) is 0.143. The highest BCUT2D eigenvalue weighted by atomic mass is 35.5. The van der Waals surface area contributed by atoms with Crippen LogP contribution in [0.4, 0.5) is 0 Å². The quantitative estimate of drug-likeness (QED) is 0.852. The molecule has 0 bridgehead atoms. The van der Waals surface area contributed by atoms with Crippen molar-refractivity contribution in [3.8, 4) is 5.75 Å². The summed E-state index contributed by atoms with van der Waals surface area (Å²) in [4.78, 5) is 0.943. The van der Waals surface area contributed by atoms with Crippen molar-refractivity contribution in [1.29, 1.82) is 0 Å². The molecule has 0 aromatic heterocycles. The zero-order valence-corrected chi connectivity index (χ0v) is 12.9. The van der Waals surface area contributed by atoms with Crippen LogP contribution in [0.25, 0.3) is 0 Å². The second-order valence-corrected chi connectivity index (χ2v) is 7.77. The zero-order valence-electron chi connectivity index (χ0n) is 10.5. The van der Waals surface area contributed by atoms with Gasteiger partial charge in [-0.25, -0.2) is 8.42 Å². The van der Waals surface area contributed by atoms with E-state index in [4.69, 9.17) is 11.6 Å². The van der Waals surface area contributed by atoms with Gasteiger partial charge in [-0.05, 0) is 36.4 Å². The van der Waals surface area contributed by atoms with Gasteiger partial charge in [-0.15, -0.1) is 11.8 Å². The first kappa shape index (κ1) is 15.2. The van der Waals surface area contributed by atoms with Crippen molar-refractivity contribution in [3.05, 3.63) is 53.6 Å². The maximum Gasteiger partial charge on any atom is 0.179 e. The van der Waals surface area contributed by atoms with E-state index in [9.17, 15) is 13.5 Å². The molecule has 0 unspecified atom stereocenters. The van der Waals surface area contributed by atoms with E-state index >= 15 is 0 Å². The van der Waals surface area contributed by atoms with E-state index in [1.807, 2.05) is 0 Å². The summed E-state index contributed by atoms with van der Waals surface area (Å²) in [6.45, 7) is 0. The molecular weight excluding hydrogens is 316 g/mol. The number of halogens is 1. The molecule has 0 saturated heterocycles. The summed E-state index contributed by atoms with van der Waals surface area (Å²) >= 11 is 7.05. The fourth-order valence-corrected chi connectivity index (χ4v) is 4.33. The number of thioether (sulfide) groups is 1. The van der Waals surface area contributed by atoms with Crippen LogP contribution in [0.3, 0.4) is 0 Å². The van der Waals surface area contributed by atoms with Gasteiger partial charge in [0.25, 0.3) is 0 Å². The van der Waals surface area contributed by atoms with E-state index in [1.54, 1.807) is 36.4 Å². The lowest BCUT2D eigenvalue weighted by Crippen LogP contribution is -2.08. The molecule has 0 spiro atoms. The third-order valence-electron chi connectivity index (χ3n) is 2.65. The maximum atomic E-state index is 12.1. The molecule has 0 fully saturated rings. The summed E-state index contributed by atoms with van der Waals surface area (Å²) in [5.41, 5.74) is 0. The monoisotopic (exact) mass is 328 g/mol. The standard InChI is InChI=1S/C14H13ClO3S2/c15-11-5-7-12(8-6-11)20(17,18)10-9-19-14-4-2-1-3-13(14)16/h1-8,16H,9-10H2. The van der Waals surface area contributed by atoms with Crippen molar-refractivity contribution in [1.82, 2.24) is 0 Å². The maximum absolute atomic E-state index is 12.1. The Morgan fingerprint density at radius 3 is 2.35 bits per heavy atom. The molecule has 0 saturated carbocycles. The number of phenolic OH excluding ortho intramolecular Hbond substituents is 1. The van der Waals surface area contributed by atoms with Gasteiger partial charge in [0, 0.05) is 15.7 Å². The van der Waals surface area contributed by atoms with Crippen molar-refractivity contribution < 1.29 is 13.5 Å². The molecule has 0 aliphatic heterocycles. The Bertz CT molecular complexity index is 682. The number of aromatic hydroxyl groups is 1. The van der Waals surface area contributed by atoms with E-state index in [2.05, 4.69) is 0 Å².